The van der Waals surface area contributed by atoms with E-state index in [9.17, 15) is 19.8 Å². The maximum absolute atomic E-state index is 13.9. The molecule has 3 rings (SSSR count). The Morgan fingerprint density at radius 3 is 2.50 bits per heavy atom. The molecule has 1 aliphatic heterocycles. The Bertz CT molecular complexity index is 1210. The second kappa shape index (κ2) is 19.2. The fourth-order valence-electron chi connectivity index (χ4n) is 5.27. The van der Waals surface area contributed by atoms with Crippen LogP contribution >= 0.6 is 11.8 Å². The highest BCUT2D eigenvalue weighted by atomic mass is 32.2. The normalized spacial score (nSPS) is 22.1. The third-order valence-electron chi connectivity index (χ3n) is 7.90. The molecule has 2 N–H and O–H groups in total. The molecule has 1 saturated heterocycles. The van der Waals surface area contributed by atoms with Crippen molar-refractivity contribution in [3.8, 4) is 5.75 Å². The Kier molecular flexibility index (Phi) is 15.7. The molecule has 1 aromatic heterocycles. The van der Waals surface area contributed by atoms with E-state index in [1.54, 1.807) is 4.90 Å². The number of amides is 2. The summed E-state index contributed by atoms with van der Waals surface area (Å²) in [4.78, 5) is 30.6. The maximum atomic E-state index is 13.9. The van der Waals surface area contributed by atoms with Crippen LogP contribution in [0.15, 0.2) is 29.4 Å². The van der Waals surface area contributed by atoms with Crippen LogP contribution in [-0.4, -0.2) is 130 Å². The highest BCUT2D eigenvalue weighted by molar-refractivity contribution is 7.99. The average molecular weight is 666 g/mol. The molecule has 0 aliphatic carbocycles. The molecule has 46 heavy (non-hydrogen) atoms. The van der Waals surface area contributed by atoms with Crippen LogP contribution in [0.25, 0.3) is 0 Å². The zero-order valence-corrected chi connectivity index (χ0v) is 28.8. The third-order valence-corrected chi connectivity index (χ3v) is 8.90. The Balaban J connectivity index is 1.79. The van der Waals surface area contributed by atoms with Crippen LogP contribution in [0.2, 0.25) is 0 Å². The van der Waals surface area contributed by atoms with Gasteiger partial charge in [-0.2, -0.15) is 0 Å². The molecule has 1 fully saturated rings. The Morgan fingerprint density at radius 2 is 1.83 bits per heavy atom. The molecule has 2 aromatic rings. The number of aliphatic hydroxyl groups is 2. The fourth-order valence-corrected chi connectivity index (χ4v) is 6.08. The molecular formula is C32H51N5O8S. The van der Waals surface area contributed by atoms with E-state index in [0.29, 0.717) is 43.4 Å². The Hall–Kier alpha value is -2.75. The average Bonchev–Trinajstić information content (AvgIpc) is 3.38. The van der Waals surface area contributed by atoms with Gasteiger partial charge in [0.25, 0.3) is 0 Å². The van der Waals surface area contributed by atoms with Gasteiger partial charge in [0.15, 0.2) is 11.0 Å². The van der Waals surface area contributed by atoms with Crippen molar-refractivity contribution in [2.24, 2.45) is 13.0 Å². The van der Waals surface area contributed by atoms with Gasteiger partial charge in [-0.15, -0.1) is 10.2 Å². The van der Waals surface area contributed by atoms with Gasteiger partial charge < -0.3 is 43.5 Å². The first-order chi connectivity index (χ1) is 22.0. The number of nitrogens with zero attached hydrogens (tertiary/aromatic N) is 5. The summed E-state index contributed by atoms with van der Waals surface area (Å²) in [5.74, 6) is 1.36. The summed E-state index contributed by atoms with van der Waals surface area (Å²) in [7, 11) is 4.71. The predicted octanol–water partition coefficient (Wildman–Crippen LogP) is 2.06. The first-order valence-corrected chi connectivity index (χ1v) is 16.8. The number of carbonyl (C=O) groups excluding carboxylic acids is 2. The van der Waals surface area contributed by atoms with E-state index in [0.717, 1.165) is 11.3 Å². The predicted molar refractivity (Wildman–Crippen MR) is 174 cm³/mol. The fraction of sp³-hybridized carbons (Fsp3) is 0.688. The quantitative estimate of drug-likeness (QED) is 0.340. The van der Waals surface area contributed by atoms with Crippen LogP contribution in [0.3, 0.4) is 0 Å². The number of carbonyl (C=O) groups is 2. The summed E-state index contributed by atoms with van der Waals surface area (Å²) in [5.41, 5.74) is 1.15. The van der Waals surface area contributed by atoms with Crippen molar-refractivity contribution in [2.75, 3.05) is 59.4 Å². The third kappa shape index (κ3) is 11.5. The molecule has 0 saturated carbocycles. The van der Waals surface area contributed by atoms with Crippen LogP contribution in [-0.2, 0) is 37.5 Å². The molecule has 0 radical (unpaired) electrons. The van der Waals surface area contributed by atoms with E-state index in [1.165, 1.54) is 26.0 Å². The summed E-state index contributed by atoms with van der Waals surface area (Å²) in [6.45, 7) is 7.25. The number of rotatable bonds is 11. The molecule has 4 atom stereocenters. The lowest BCUT2D eigenvalue weighted by atomic mass is 10.00. The van der Waals surface area contributed by atoms with E-state index in [4.69, 9.17) is 18.9 Å². The van der Waals surface area contributed by atoms with Gasteiger partial charge in [0.2, 0.25) is 11.8 Å². The number of methoxy groups -OCH3 is 2. The van der Waals surface area contributed by atoms with Crippen molar-refractivity contribution in [2.45, 2.75) is 76.2 Å². The highest BCUT2D eigenvalue weighted by Crippen LogP contribution is 2.22. The van der Waals surface area contributed by atoms with Crippen LogP contribution in [0.4, 0.5) is 0 Å². The molecule has 1 aliphatic rings. The Morgan fingerprint density at radius 1 is 1.09 bits per heavy atom. The number of hydrogen-bond donors (Lipinski definition) is 2. The molecule has 0 unspecified atom stereocenters. The molecule has 2 amide bonds. The minimum Gasteiger partial charge on any atom is -0.486 e. The van der Waals surface area contributed by atoms with Crippen molar-refractivity contribution in [1.29, 1.82) is 0 Å². The lowest BCUT2D eigenvalue weighted by molar-refractivity contribution is -0.145. The minimum absolute atomic E-state index is 0.00860. The lowest BCUT2D eigenvalue weighted by Gasteiger charge is -2.38. The second-order valence-corrected chi connectivity index (χ2v) is 13.0. The van der Waals surface area contributed by atoms with Gasteiger partial charge in [-0.3, -0.25) is 9.59 Å². The molecule has 258 valence electrons. The second-order valence-electron chi connectivity index (χ2n) is 12.1. The standard InChI is InChI=1S/C32H51N5O8S/c1-22(2)15-24-16-36(29(39)20-42-5)17-27(43-6)31(41)26(38)18-44-14-8-7-13-37(24)30(40)21-46-32-34-33-28(35(32)4)19-45-25-11-9-23(3)10-12-25/h9-12,22,24,26-27,31,38,41H,7-8,13-21H2,1-6H3/t24-,26+,27+,31+/m0/s1. The molecule has 0 spiro atoms. The van der Waals surface area contributed by atoms with E-state index >= 15 is 0 Å². The van der Waals surface area contributed by atoms with E-state index in [1.807, 2.05) is 47.7 Å². The minimum atomic E-state index is -1.28. The van der Waals surface area contributed by atoms with Crippen molar-refractivity contribution in [1.82, 2.24) is 24.6 Å². The molecule has 1 aromatic carbocycles. The van der Waals surface area contributed by atoms with Gasteiger partial charge in [-0.25, -0.2) is 0 Å². The molecule has 2 heterocycles. The van der Waals surface area contributed by atoms with Gasteiger partial charge >= 0.3 is 0 Å². The maximum Gasteiger partial charge on any atom is 0.248 e. The number of aliphatic hydroxyl groups excluding tert-OH is 2. The molecule has 14 heteroatoms. The van der Waals surface area contributed by atoms with Gasteiger partial charge in [0.05, 0.1) is 12.4 Å². The number of hydrogen-bond acceptors (Lipinski definition) is 11. The first-order valence-electron chi connectivity index (χ1n) is 15.8. The van der Waals surface area contributed by atoms with Crippen molar-refractivity contribution in [3.05, 3.63) is 35.7 Å². The van der Waals surface area contributed by atoms with Crippen LogP contribution < -0.4 is 4.74 Å². The summed E-state index contributed by atoms with van der Waals surface area (Å²) in [6, 6.07) is 7.47. The zero-order valence-electron chi connectivity index (χ0n) is 28.0. The van der Waals surface area contributed by atoms with Crippen LogP contribution in [0.5, 0.6) is 5.75 Å². The summed E-state index contributed by atoms with van der Waals surface area (Å²) in [5, 5.41) is 30.5. The van der Waals surface area contributed by atoms with E-state index < -0.39 is 18.3 Å². The van der Waals surface area contributed by atoms with Gasteiger partial charge in [-0.05, 0) is 44.2 Å². The van der Waals surface area contributed by atoms with Crippen molar-refractivity contribution in [3.63, 3.8) is 0 Å². The van der Waals surface area contributed by atoms with Crippen molar-refractivity contribution < 1.29 is 38.7 Å². The van der Waals surface area contributed by atoms with Gasteiger partial charge in [-0.1, -0.05) is 43.3 Å². The molecular weight excluding hydrogens is 614 g/mol. The first kappa shape index (κ1) is 37.7. The highest BCUT2D eigenvalue weighted by Gasteiger charge is 2.33. The summed E-state index contributed by atoms with van der Waals surface area (Å²) >= 11 is 1.31. The summed E-state index contributed by atoms with van der Waals surface area (Å²) < 4.78 is 24.0. The van der Waals surface area contributed by atoms with Crippen LogP contribution in [0.1, 0.15) is 44.5 Å². The number of ether oxygens (including phenoxy) is 4. The number of thioether (sulfide) groups is 1. The smallest absolute Gasteiger partial charge is 0.248 e. The molecule has 13 nitrogen and oxygen atoms in total. The van der Waals surface area contributed by atoms with E-state index in [-0.39, 0.29) is 62.4 Å². The number of benzene rings is 1. The Labute approximate surface area is 276 Å². The largest absolute Gasteiger partial charge is 0.486 e. The lowest BCUT2D eigenvalue weighted by Crippen LogP contribution is -2.54. The topological polar surface area (TPSA) is 149 Å². The van der Waals surface area contributed by atoms with Gasteiger partial charge in [0.1, 0.15) is 37.3 Å². The molecule has 0 bridgehead atoms. The van der Waals surface area contributed by atoms with Crippen molar-refractivity contribution >= 4 is 23.6 Å². The SMILES string of the molecule is COCC(=O)N1C[C@H](CC(C)C)N(C(=O)CSc2nnc(COc3ccc(C)cc3)n2C)CCCCOC[C@@H](O)[C@@H](O)[C@H](OC)C1. The number of aryl methyl sites for hydroxylation is 1. The zero-order chi connectivity index (χ0) is 33.6. The van der Waals surface area contributed by atoms with Crippen LogP contribution in [0, 0.1) is 12.8 Å². The van der Waals surface area contributed by atoms with Gasteiger partial charge in [0, 0.05) is 53.6 Å². The number of aromatic nitrogens is 3. The monoisotopic (exact) mass is 665 g/mol. The van der Waals surface area contributed by atoms with E-state index in [2.05, 4.69) is 24.0 Å². The summed E-state index contributed by atoms with van der Waals surface area (Å²) in [6.07, 6.45) is -1.35.